The molecule has 3 aromatic carbocycles. The Morgan fingerprint density at radius 3 is 2.09 bits per heavy atom. The Balaban J connectivity index is 1.64. The topological polar surface area (TPSA) is 63.2 Å². The van der Waals surface area contributed by atoms with Crippen molar-refractivity contribution in [1.82, 2.24) is 0 Å². The Labute approximate surface area is 194 Å². The fourth-order valence-electron chi connectivity index (χ4n) is 3.12. The van der Waals surface area contributed by atoms with E-state index in [4.69, 9.17) is 23.7 Å². The fraction of sp³-hybridized carbons (Fsp3) is 0.222. The summed E-state index contributed by atoms with van der Waals surface area (Å²) in [5, 5.41) is 1.80. The van der Waals surface area contributed by atoms with Crippen molar-refractivity contribution >= 4 is 16.7 Å². The van der Waals surface area contributed by atoms with Crippen LogP contribution in [0.15, 0.2) is 92.0 Å². The van der Waals surface area contributed by atoms with Crippen LogP contribution < -0.4 is 14.2 Å². The van der Waals surface area contributed by atoms with E-state index in [2.05, 4.69) is 13.2 Å². The number of benzene rings is 3. The molecule has 0 N–H and O–H groups in total. The van der Waals surface area contributed by atoms with Gasteiger partial charge in [-0.05, 0) is 24.3 Å². The summed E-state index contributed by atoms with van der Waals surface area (Å²) < 4.78 is 28.4. The molecule has 0 saturated carbocycles. The molecule has 0 radical (unpaired) electrons. The van der Waals surface area contributed by atoms with E-state index in [1.807, 2.05) is 66.7 Å². The molecule has 0 aromatic heterocycles. The quantitative estimate of drug-likeness (QED) is 0.150. The van der Waals surface area contributed by atoms with Gasteiger partial charge in [-0.25, -0.2) is 4.79 Å². The predicted molar refractivity (Wildman–Crippen MR) is 128 cm³/mol. The van der Waals surface area contributed by atoms with Crippen molar-refractivity contribution in [2.45, 2.75) is 6.10 Å². The summed E-state index contributed by atoms with van der Waals surface area (Å²) >= 11 is 0. The zero-order valence-corrected chi connectivity index (χ0v) is 18.5. The third kappa shape index (κ3) is 7.40. The van der Waals surface area contributed by atoms with Crippen LogP contribution in [0.3, 0.4) is 0 Å². The Kier molecular flexibility index (Phi) is 9.36. The second-order valence-electron chi connectivity index (χ2n) is 7.02. The molecule has 0 amide bonds. The van der Waals surface area contributed by atoms with Crippen molar-refractivity contribution in [2.24, 2.45) is 0 Å². The first kappa shape index (κ1) is 23.9. The Morgan fingerprint density at radius 1 is 0.788 bits per heavy atom. The van der Waals surface area contributed by atoms with Gasteiger partial charge >= 0.3 is 5.97 Å². The number of rotatable bonds is 14. The van der Waals surface area contributed by atoms with Crippen LogP contribution in [0.2, 0.25) is 0 Å². The van der Waals surface area contributed by atoms with Crippen molar-refractivity contribution < 1.29 is 28.5 Å². The molecule has 33 heavy (non-hydrogen) atoms. The van der Waals surface area contributed by atoms with E-state index < -0.39 is 12.1 Å². The van der Waals surface area contributed by atoms with Crippen molar-refractivity contribution in [2.75, 3.05) is 33.0 Å². The summed E-state index contributed by atoms with van der Waals surface area (Å²) in [6.07, 6.45) is 2.16. The summed E-state index contributed by atoms with van der Waals surface area (Å²) in [5.74, 6) is 1.66. The second-order valence-corrected chi connectivity index (χ2v) is 7.02. The third-order valence-corrected chi connectivity index (χ3v) is 4.61. The van der Waals surface area contributed by atoms with Gasteiger partial charge in [0.2, 0.25) is 0 Å². The summed E-state index contributed by atoms with van der Waals surface area (Å²) in [4.78, 5) is 11.6. The van der Waals surface area contributed by atoms with Gasteiger partial charge in [0.1, 0.15) is 37.1 Å². The van der Waals surface area contributed by atoms with E-state index in [1.54, 1.807) is 6.08 Å². The molecule has 0 aliphatic heterocycles. The minimum atomic E-state index is -0.583. The number of fused-ring (bicyclic) bond motifs is 1. The molecule has 0 heterocycles. The summed E-state index contributed by atoms with van der Waals surface area (Å²) in [6, 6.07) is 21.1. The number of esters is 1. The molecule has 6 nitrogen and oxygen atoms in total. The molecule has 0 aliphatic rings. The molecule has 0 spiro atoms. The summed E-state index contributed by atoms with van der Waals surface area (Å²) in [5.41, 5.74) is 0. The van der Waals surface area contributed by atoms with E-state index in [0.29, 0.717) is 25.6 Å². The number of hydrogen-bond donors (Lipinski definition) is 0. The number of carbonyl (C=O) groups is 1. The van der Waals surface area contributed by atoms with E-state index >= 15 is 0 Å². The minimum Gasteiger partial charge on any atom is -0.490 e. The molecule has 1 unspecified atom stereocenters. The van der Waals surface area contributed by atoms with Gasteiger partial charge in [-0.2, -0.15) is 0 Å². The summed E-state index contributed by atoms with van der Waals surface area (Å²) in [6.45, 7) is 8.54. The van der Waals surface area contributed by atoms with Gasteiger partial charge in [0.25, 0.3) is 0 Å². The van der Waals surface area contributed by atoms with Crippen molar-refractivity contribution in [3.8, 4) is 17.2 Å². The highest BCUT2D eigenvalue weighted by Crippen LogP contribution is 2.33. The Hall–Kier alpha value is -3.77. The van der Waals surface area contributed by atoms with Gasteiger partial charge in [0.15, 0.2) is 6.10 Å². The first-order chi connectivity index (χ1) is 16.2. The highest BCUT2D eigenvalue weighted by Gasteiger charge is 2.16. The average Bonchev–Trinajstić information content (AvgIpc) is 2.86. The maximum absolute atomic E-state index is 11.6. The molecule has 6 heteroatoms. The maximum Gasteiger partial charge on any atom is 0.330 e. The lowest BCUT2D eigenvalue weighted by Gasteiger charge is -2.19. The van der Waals surface area contributed by atoms with Crippen LogP contribution in [0.1, 0.15) is 0 Å². The highest BCUT2D eigenvalue weighted by molar-refractivity contribution is 5.93. The van der Waals surface area contributed by atoms with Gasteiger partial charge in [-0.3, -0.25) is 0 Å². The van der Waals surface area contributed by atoms with Crippen LogP contribution in [-0.4, -0.2) is 45.1 Å². The normalized spacial score (nSPS) is 11.4. The summed E-state index contributed by atoms with van der Waals surface area (Å²) in [7, 11) is 0. The van der Waals surface area contributed by atoms with Crippen LogP contribution >= 0.6 is 0 Å². The van der Waals surface area contributed by atoms with Crippen LogP contribution in [0.5, 0.6) is 17.2 Å². The van der Waals surface area contributed by atoms with Gasteiger partial charge in [0, 0.05) is 16.8 Å². The Bertz CT molecular complexity index is 1050. The lowest BCUT2D eigenvalue weighted by Crippen LogP contribution is -2.29. The first-order valence-electron chi connectivity index (χ1n) is 10.7. The first-order valence-corrected chi connectivity index (χ1v) is 10.7. The van der Waals surface area contributed by atoms with Gasteiger partial charge < -0.3 is 23.7 Å². The van der Waals surface area contributed by atoms with Gasteiger partial charge in [-0.15, -0.1) is 6.58 Å². The Morgan fingerprint density at radius 2 is 1.42 bits per heavy atom. The molecule has 172 valence electrons. The monoisotopic (exact) mass is 448 g/mol. The molecular weight excluding hydrogens is 420 g/mol. The lowest BCUT2D eigenvalue weighted by atomic mass is 10.1. The molecule has 0 fully saturated rings. The average molecular weight is 449 g/mol. The van der Waals surface area contributed by atoms with Crippen molar-refractivity contribution in [1.29, 1.82) is 0 Å². The van der Waals surface area contributed by atoms with Crippen molar-refractivity contribution in [3.63, 3.8) is 0 Å². The highest BCUT2D eigenvalue weighted by atomic mass is 16.6. The van der Waals surface area contributed by atoms with Gasteiger partial charge in [-0.1, -0.05) is 55.1 Å². The SMILES string of the molecule is C=CCOCC(COc1ccc(OCCOc2ccccc2)c2ccccc12)OC(=O)C=C. The van der Waals surface area contributed by atoms with Crippen molar-refractivity contribution in [3.05, 3.63) is 92.0 Å². The van der Waals surface area contributed by atoms with Gasteiger partial charge in [0.05, 0.1) is 13.2 Å². The number of para-hydroxylation sites is 1. The van der Waals surface area contributed by atoms with E-state index in [1.165, 1.54) is 0 Å². The number of ether oxygens (including phenoxy) is 5. The predicted octanol–water partition coefficient (Wildman–Crippen LogP) is 4.98. The zero-order valence-electron chi connectivity index (χ0n) is 18.5. The molecule has 1 atom stereocenters. The molecule has 3 aromatic rings. The number of carbonyl (C=O) groups excluding carboxylic acids is 1. The van der Waals surface area contributed by atoms with E-state index in [9.17, 15) is 4.79 Å². The third-order valence-electron chi connectivity index (χ3n) is 4.61. The second kappa shape index (κ2) is 12.9. The van der Waals surface area contributed by atoms with Crippen LogP contribution in [0.25, 0.3) is 10.8 Å². The van der Waals surface area contributed by atoms with E-state index in [0.717, 1.165) is 28.3 Å². The van der Waals surface area contributed by atoms with Crippen LogP contribution in [0, 0.1) is 0 Å². The maximum atomic E-state index is 11.6. The van der Waals surface area contributed by atoms with Crippen LogP contribution in [0.4, 0.5) is 0 Å². The standard InChI is InChI=1S/C27H28O6/c1-3-16-29-19-22(33-27(28)4-2)20-32-26-15-14-25(23-12-8-9-13-24(23)26)31-18-17-30-21-10-6-5-7-11-21/h3-15,22H,1-2,16-20H2. The lowest BCUT2D eigenvalue weighted by molar-refractivity contribution is -0.147. The van der Waals surface area contributed by atoms with E-state index in [-0.39, 0.29) is 13.2 Å². The fourth-order valence-corrected chi connectivity index (χ4v) is 3.12. The smallest absolute Gasteiger partial charge is 0.330 e. The molecule has 0 saturated heterocycles. The molecule has 3 rings (SSSR count). The molecule has 0 bridgehead atoms. The number of hydrogen-bond acceptors (Lipinski definition) is 6. The van der Waals surface area contributed by atoms with Crippen LogP contribution in [-0.2, 0) is 14.3 Å². The largest absolute Gasteiger partial charge is 0.490 e. The molecular formula is C27H28O6. The molecule has 0 aliphatic carbocycles. The zero-order chi connectivity index (χ0) is 23.3. The minimum absolute atomic E-state index is 0.131.